The van der Waals surface area contributed by atoms with Crippen LogP contribution in [0.25, 0.3) is 0 Å². The highest BCUT2D eigenvalue weighted by Crippen LogP contribution is 1.74. The maximum Gasteiger partial charge on any atom is 0.423 e. The van der Waals surface area contributed by atoms with Crippen LogP contribution in [0.1, 0.15) is 6.42 Å². The molecule has 0 amide bonds. The molecule has 0 aliphatic heterocycles. The summed E-state index contributed by atoms with van der Waals surface area (Å²) in [5, 5.41) is 7.06. The third kappa shape index (κ3) is 26.8. The first-order valence-corrected chi connectivity index (χ1v) is 3.86. The first-order chi connectivity index (χ1) is 4.97. The predicted molar refractivity (Wildman–Crippen MR) is 40.3 cm³/mol. The molecule has 0 aromatic rings. The second kappa shape index (κ2) is 7.42. The van der Waals surface area contributed by atoms with Gasteiger partial charge in [-0.1, -0.05) is 16.5 Å². The Bertz CT molecular complexity index is 187. The zero-order valence-corrected chi connectivity index (χ0v) is 6.62. The molecule has 2 N–H and O–H groups in total. The fourth-order valence-corrected chi connectivity index (χ4v) is 0.118. The fraction of sp³-hybridized carbons (Fsp3) is 0.200. The van der Waals surface area contributed by atoms with Gasteiger partial charge in [0.15, 0.2) is 0 Å². The molecule has 0 heterocycles. The van der Waals surface area contributed by atoms with Crippen molar-refractivity contribution in [3.63, 3.8) is 0 Å². The van der Waals surface area contributed by atoms with Gasteiger partial charge in [-0.05, 0) is 6.42 Å². The normalized spacial score (nSPS) is 9.27. The largest absolute Gasteiger partial charge is 0.423 e. The Morgan fingerprint density at radius 1 is 1.36 bits per heavy atom. The van der Waals surface area contributed by atoms with Gasteiger partial charge < -0.3 is 0 Å². The highest BCUT2D eigenvalue weighted by atomic mass is 32.3. The van der Waals surface area contributed by atoms with Gasteiger partial charge >= 0.3 is 10.4 Å². The second-order valence-corrected chi connectivity index (χ2v) is 2.32. The Hall–Kier alpha value is -0.690. The van der Waals surface area contributed by atoms with Crippen LogP contribution in [0.15, 0.2) is 25.3 Å². The highest BCUT2D eigenvalue weighted by molar-refractivity contribution is 7.80. The van der Waals surface area contributed by atoms with E-state index in [1.54, 1.807) is 0 Å². The van der Waals surface area contributed by atoms with Gasteiger partial charge in [0, 0.05) is 0 Å². The fourth-order valence-electron chi connectivity index (χ4n) is 0.118. The van der Waals surface area contributed by atoms with E-state index >= 15 is 0 Å². The summed E-state index contributed by atoms with van der Waals surface area (Å²) >= 11 is 0. The van der Waals surface area contributed by atoms with E-state index < -0.39 is 10.4 Å². The standard InChI is InChI=1S/C5H8.H2O5S/c1-3-5-4-2;1-5-6(2,3)4/h3-4H,1-2,5H2;1H,(H,2,3,4). The van der Waals surface area contributed by atoms with Crippen molar-refractivity contribution in [3.8, 4) is 0 Å². The SMILES string of the molecule is C=CCC=C.O=S(=O)(O)OO. The molecule has 5 nitrogen and oxygen atoms in total. The van der Waals surface area contributed by atoms with Crippen LogP contribution in [-0.2, 0) is 14.7 Å². The third-order valence-electron chi connectivity index (χ3n) is 0.428. The molecule has 0 atom stereocenters. The van der Waals surface area contributed by atoms with Crippen LogP contribution >= 0.6 is 0 Å². The van der Waals surface area contributed by atoms with E-state index in [1.807, 2.05) is 12.2 Å². The van der Waals surface area contributed by atoms with Crippen LogP contribution in [-0.4, -0.2) is 18.2 Å². The first kappa shape index (κ1) is 12.9. The van der Waals surface area contributed by atoms with Gasteiger partial charge in [-0.25, -0.2) is 5.26 Å². The summed E-state index contributed by atoms with van der Waals surface area (Å²) in [6.45, 7) is 6.96. The minimum absolute atomic E-state index is 0.917. The summed E-state index contributed by atoms with van der Waals surface area (Å²) in [5.74, 6) is 0. The van der Waals surface area contributed by atoms with Gasteiger partial charge in [0.2, 0.25) is 0 Å². The quantitative estimate of drug-likeness (QED) is 0.295. The number of rotatable bonds is 3. The van der Waals surface area contributed by atoms with Crippen molar-refractivity contribution >= 4 is 10.4 Å². The molecule has 66 valence electrons. The van der Waals surface area contributed by atoms with E-state index in [-0.39, 0.29) is 0 Å². The Kier molecular flexibility index (Phi) is 8.73. The van der Waals surface area contributed by atoms with Crippen LogP contribution in [0.4, 0.5) is 0 Å². The molecular formula is C5H10O5S. The van der Waals surface area contributed by atoms with Crippen molar-refractivity contribution in [2.24, 2.45) is 0 Å². The molecule has 0 radical (unpaired) electrons. The van der Waals surface area contributed by atoms with Gasteiger partial charge in [-0.3, -0.25) is 4.55 Å². The lowest BCUT2D eigenvalue weighted by atomic mass is 10.4. The average Bonchev–Trinajstić information content (AvgIpc) is 1.90. The number of hydrogen-bond donors (Lipinski definition) is 2. The van der Waals surface area contributed by atoms with Crippen molar-refractivity contribution in [2.45, 2.75) is 6.42 Å². The minimum Gasteiger partial charge on any atom is -0.262 e. The molecule has 0 aromatic heterocycles. The van der Waals surface area contributed by atoms with Gasteiger partial charge in [-0.15, -0.1) is 13.2 Å². The molecule has 0 aliphatic carbocycles. The van der Waals surface area contributed by atoms with E-state index in [4.69, 9.17) is 18.2 Å². The van der Waals surface area contributed by atoms with Gasteiger partial charge in [0.1, 0.15) is 0 Å². The molecule has 6 heteroatoms. The smallest absolute Gasteiger partial charge is 0.262 e. The summed E-state index contributed by atoms with van der Waals surface area (Å²) in [4.78, 5) is 0. The lowest BCUT2D eigenvalue weighted by molar-refractivity contribution is -0.139. The Morgan fingerprint density at radius 3 is 1.64 bits per heavy atom. The predicted octanol–water partition coefficient (Wildman–Crippen LogP) is 1.03. The van der Waals surface area contributed by atoms with Crippen LogP contribution in [0.3, 0.4) is 0 Å². The maximum atomic E-state index is 9.08. The van der Waals surface area contributed by atoms with Crippen molar-refractivity contribution in [3.05, 3.63) is 25.3 Å². The first-order valence-electron chi connectivity index (χ1n) is 2.50. The van der Waals surface area contributed by atoms with E-state index in [9.17, 15) is 0 Å². The lowest BCUT2D eigenvalue weighted by Crippen LogP contribution is -1.97. The molecular weight excluding hydrogens is 172 g/mol. The Labute approximate surface area is 65.5 Å². The molecule has 0 fully saturated rings. The summed E-state index contributed by atoms with van der Waals surface area (Å²) in [6.07, 6.45) is 4.54. The maximum absolute atomic E-state index is 9.08. The topological polar surface area (TPSA) is 83.8 Å². The Morgan fingerprint density at radius 2 is 1.64 bits per heavy atom. The molecule has 0 saturated carbocycles. The molecule has 11 heavy (non-hydrogen) atoms. The minimum atomic E-state index is -4.61. The highest BCUT2D eigenvalue weighted by Gasteiger charge is 1.97. The van der Waals surface area contributed by atoms with Gasteiger partial charge in [-0.2, -0.15) is 8.42 Å². The van der Waals surface area contributed by atoms with E-state index in [0.717, 1.165) is 6.42 Å². The third-order valence-corrected chi connectivity index (χ3v) is 0.616. The van der Waals surface area contributed by atoms with Crippen molar-refractivity contribution in [1.29, 1.82) is 0 Å². The van der Waals surface area contributed by atoms with Crippen LogP contribution in [0.5, 0.6) is 0 Å². The zero-order valence-electron chi connectivity index (χ0n) is 5.80. The average molecular weight is 182 g/mol. The molecule has 0 saturated heterocycles. The zero-order chi connectivity index (χ0) is 9.33. The lowest BCUT2D eigenvalue weighted by Gasteiger charge is -1.79. The summed E-state index contributed by atoms with van der Waals surface area (Å²) < 4.78 is 28.0. The van der Waals surface area contributed by atoms with Gasteiger partial charge in [0.25, 0.3) is 0 Å². The van der Waals surface area contributed by atoms with E-state index in [0.29, 0.717) is 0 Å². The number of allylic oxidation sites excluding steroid dienone is 2. The molecule has 0 aromatic carbocycles. The summed E-state index contributed by atoms with van der Waals surface area (Å²) in [6, 6.07) is 0. The number of hydrogen-bond acceptors (Lipinski definition) is 4. The summed E-state index contributed by atoms with van der Waals surface area (Å²) in [5.41, 5.74) is 0. The molecule has 0 spiro atoms. The van der Waals surface area contributed by atoms with Crippen molar-refractivity contribution in [2.75, 3.05) is 0 Å². The second-order valence-electron chi connectivity index (χ2n) is 1.32. The Balaban J connectivity index is 0. The van der Waals surface area contributed by atoms with E-state index in [1.165, 1.54) is 0 Å². The molecule has 0 aliphatic rings. The molecule has 0 bridgehead atoms. The van der Waals surface area contributed by atoms with Gasteiger partial charge in [0.05, 0.1) is 0 Å². The molecule has 0 unspecified atom stereocenters. The molecule has 0 rings (SSSR count). The van der Waals surface area contributed by atoms with Crippen LogP contribution in [0, 0.1) is 0 Å². The van der Waals surface area contributed by atoms with Crippen molar-refractivity contribution in [1.82, 2.24) is 0 Å². The monoisotopic (exact) mass is 182 g/mol. The van der Waals surface area contributed by atoms with Crippen molar-refractivity contribution < 1.29 is 22.6 Å². The van der Waals surface area contributed by atoms with E-state index in [2.05, 4.69) is 17.5 Å². The van der Waals surface area contributed by atoms with Crippen LogP contribution in [0.2, 0.25) is 0 Å². The summed E-state index contributed by atoms with van der Waals surface area (Å²) in [7, 11) is -4.61. The van der Waals surface area contributed by atoms with Crippen LogP contribution < -0.4 is 0 Å².